The first-order valence-corrected chi connectivity index (χ1v) is 13.2. The lowest BCUT2D eigenvalue weighted by molar-refractivity contribution is 0.00578. The third-order valence-electron chi connectivity index (χ3n) is 9.03. The molecular weight excluding hydrogens is 453 g/mol. The minimum atomic E-state index is -0.390. The van der Waals surface area contributed by atoms with E-state index in [-0.39, 0.29) is 16.6 Å². The normalized spacial score (nSPS) is 18.9. The Bertz CT molecular complexity index is 1700. The first-order valence-electron chi connectivity index (χ1n) is 13.2. The molecule has 0 N–H and O–H groups in total. The van der Waals surface area contributed by atoms with E-state index in [0.29, 0.717) is 0 Å². The number of aromatic nitrogens is 1. The predicted octanol–water partition coefficient (Wildman–Crippen LogP) is 7.39. The van der Waals surface area contributed by atoms with Crippen LogP contribution in [0.1, 0.15) is 52.7 Å². The van der Waals surface area contributed by atoms with Crippen LogP contribution in [0.4, 0.5) is 0 Å². The van der Waals surface area contributed by atoms with E-state index in [1.165, 1.54) is 49.7 Å². The number of hydrogen-bond acceptors (Lipinski definition) is 2. The molecule has 2 aliphatic rings. The Morgan fingerprint density at radius 2 is 1.24 bits per heavy atom. The van der Waals surface area contributed by atoms with Crippen molar-refractivity contribution in [3.63, 3.8) is 0 Å². The summed E-state index contributed by atoms with van der Waals surface area (Å²) >= 11 is 0. The highest BCUT2D eigenvalue weighted by atomic mass is 16.7. The van der Waals surface area contributed by atoms with Gasteiger partial charge in [-0.1, -0.05) is 68.4 Å². The maximum Gasteiger partial charge on any atom is 0.494 e. The zero-order valence-electron chi connectivity index (χ0n) is 22.4. The smallest absolute Gasteiger partial charge is 0.399 e. The highest BCUT2D eigenvalue weighted by molar-refractivity contribution is 6.62. The van der Waals surface area contributed by atoms with E-state index in [4.69, 9.17) is 9.31 Å². The molecular formula is C33H32BNO2. The largest absolute Gasteiger partial charge is 0.494 e. The molecule has 0 bridgehead atoms. The highest BCUT2D eigenvalue weighted by Gasteiger charge is 2.51. The molecule has 4 aromatic carbocycles. The van der Waals surface area contributed by atoms with Crippen LogP contribution >= 0.6 is 0 Å². The van der Waals surface area contributed by atoms with Gasteiger partial charge in [-0.25, -0.2) is 0 Å². The first kappa shape index (κ1) is 22.8. The van der Waals surface area contributed by atoms with E-state index in [9.17, 15) is 0 Å². The van der Waals surface area contributed by atoms with Gasteiger partial charge in [-0.15, -0.1) is 0 Å². The molecule has 5 aromatic rings. The lowest BCUT2D eigenvalue weighted by atomic mass is 9.78. The van der Waals surface area contributed by atoms with Crippen LogP contribution in [0.2, 0.25) is 0 Å². The zero-order valence-corrected chi connectivity index (χ0v) is 22.4. The van der Waals surface area contributed by atoms with Gasteiger partial charge in [-0.2, -0.15) is 0 Å². The average molecular weight is 485 g/mol. The number of benzene rings is 4. The molecule has 7 rings (SSSR count). The van der Waals surface area contributed by atoms with Crippen LogP contribution in [-0.2, 0) is 14.7 Å². The van der Waals surface area contributed by atoms with E-state index in [1.54, 1.807) is 0 Å². The SMILES string of the molecule is CC1(C)c2ccccc2-c2cc3c4cc(B5OC(C)(C)C(C)(C)O5)ccc4n(-c4ccccc4)c3cc21. The predicted molar refractivity (Wildman–Crippen MR) is 154 cm³/mol. The van der Waals surface area contributed by atoms with Crippen molar-refractivity contribution in [2.45, 2.75) is 58.2 Å². The summed E-state index contributed by atoms with van der Waals surface area (Å²) in [7, 11) is -0.390. The van der Waals surface area contributed by atoms with E-state index in [2.05, 4.69) is 131 Å². The molecule has 0 unspecified atom stereocenters. The Labute approximate surface area is 219 Å². The molecule has 0 saturated carbocycles. The second-order valence-corrected chi connectivity index (χ2v) is 12.1. The summed E-state index contributed by atoms with van der Waals surface area (Å²) in [6.45, 7) is 13.1. The maximum atomic E-state index is 6.42. The van der Waals surface area contributed by atoms with Gasteiger partial charge in [0.25, 0.3) is 0 Å². The Morgan fingerprint density at radius 1 is 0.595 bits per heavy atom. The molecule has 1 aliphatic heterocycles. The maximum absolute atomic E-state index is 6.42. The lowest BCUT2D eigenvalue weighted by Gasteiger charge is -2.32. The molecule has 0 amide bonds. The van der Waals surface area contributed by atoms with Gasteiger partial charge in [0.1, 0.15) is 0 Å². The van der Waals surface area contributed by atoms with Gasteiger partial charge in [0.15, 0.2) is 0 Å². The van der Waals surface area contributed by atoms with Gasteiger partial charge < -0.3 is 13.9 Å². The number of nitrogens with zero attached hydrogens (tertiary/aromatic N) is 1. The second-order valence-electron chi connectivity index (χ2n) is 12.1. The van der Waals surface area contributed by atoms with Crippen molar-refractivity contribution in [2.24, 2.45) is 0 Å². The molecule has 2 heterocycles. The zero-order chi connectivity index (χ0) is 25.7. The Hall–Kier alpha value is -3.34. The average Bonchev–Trinajstić information content (AvgIpc) is 3.40. The van der Waals surface area contributed by atoms with Crippen molar-refractivity contribution >= 4 is 34.4 Å². The van der Waals surface area contributed by atoms with Gasteiger partial charge in [0.2, 0.25) is 0 Å². The fourth-order valence-electron chi connectivity index (χ4n) is 6.21. The summed E-state index contributed by atoms with van der Waals surface area (Å²) in [5.41, 5.74) is 9.29. The van der Waals surface area contributed by atoms with E-state index in [1.807, 2.05) is 0 Å². The van der Waals surface area contributed by atoms with Crippen LogP contribution in [-0.4, -0.2) is 22.9 Å². The van der Waals surface area contributed by atoms with Crippen molar-refractivity contribution in [1.82, 2.24) is 4.57 Å². The van der Waals surface area contributed by atoms with Crippen LogP contribution in [0.5, 0.6) is 0 Å². The quantitative estimate of drug-likeness (QED) is 0.244. The van der Waals surface area contributed by atoms with Gasteiger partial charge >= 0.3 is 7.12 Å². The number of fused-ring (bicyclic) bond motifs is 6. The minimum absolute atomic E-state index is 0.0497. The van der Waals surface area contributed by atoms with Crippen LogP contribution in [0.3, 0.4) is 0 Å². The molecule has 3 nitrogen and oxygen atoms in total. The molecule has 0 atom stereocenters. The van der Waals surface area contributed by atoms with E-state index in [0.717, 1.165) is 5.46 Å². The minimum Gasteiger partial charge on any atom is -0.399 e. The molecule has 0 radical (unpaired) electrons. The summed E-state index contributed by atoms with van der Waals surface area (Å²) < 4.78 is 15.2. The van der Waals surface area contributed by atoms with Crippen molar-refractivity contribution < 1.29 is 9.31 Å². The Balaban J connectivity index is 1.52. The monoisotopic (exact) mass is 485 g/mol. The Morgan fingerprint density at radius 3 is 1.97 bits per heavy atom. The Kier molecular flexibility index (Phi) is 4.55. The van der Waals surface area contributed by atoms with Crippen molar-refractivity contribution in [2.75, 3.05) is 0 Å². The summed E-state index contributed by atoms with van der Waals surface area (Å²) in [6, 6.07) is 31.0. The lowest BCUT2D eigenvalue weighted by Crippen LogP contribution is -2.41. The second kappa shape index (κ2) is 7.37. The van der Waals surface area contributed by atoms with Gasteiger partial charge in [0, 0.05) is 21.9 Å². The van der Waals surface area contributed by atoms with Gasteiger partial charge in [0.05, 0.1) is 22.2 Å². The molecule has 0 spiro atoms. The molecule has 37 heavy (non-hydrogen) atoms. The van der Waals surface area contributed by atoms with Crippen LogP contribution in [0, 0.1) is 0 Å². The summed E-state index contributed by atoms with van der Waals surface area (Å²) in [5, 5.41) is 2.47. The topological polar surface area (TPSA) is 23.4 Å². The molecule has 184 valence electrons. The van der Waals surface area contributed by atoms with Crippen LogP contribution in [0.25, 0.3) is 38.6 Å². The summed E-state index contributed by atoms with van der Waals surface area (Å²) in [4.78, 5) is 0. The summed E-state index contributed by atoms with van der Waals surface area (Å²) in [5.74, 6) is 0. The highest BCUT2D eigenvalue weighted by Crippen LogP contribution is 2.51. The fourth-order valence-corrected chi connectivity index (χ4v) is 6.21. The number of hydrogen-bond donors (Lipinski definition) is 0. The molecule has 1 fully saturated rings. The third-order valence-corrected chi connectivity index (χ3v) is 9.03. The number of rotatable bonds is 2. The summed E-state index contributed by atoms with van der Waals surface area (Å²) in [6.07, 6.45) is 0. The van der Waals surface area contributed by atoms with Crippen LogP contribution in [0.15, 0.2) is 84.9 Å². The van der Waals surface area contributed by atoms with Crippen LogP contribution < -0.4 is 5.46 Å². The van der Waals surface area contributed by atoms with Crippen molar-refractivity contribution in [1.29, 1.82) is 0 Å². The standard InChI is InChI=1S/C33H32BNO2/c1-31(2)27-15-11-10-14-23(27)24-19-26-25-18-21(34-36-32(3,4)33(5,6)37-34)16-17-29(25)35(30(26)20-28(24)31)22-12-8-7-9-13-22/h7-20H,1-6H3. The molecule has 1 aliphatic carbocycles. The molecule has 1 saturated heterocycles. The van der Waals surface area contributed by atoms with E-state index >= 15 is 0 Å². The fraction of sp³-hybridized carbons (Fsp3) is 0.273. The molecule has 4 heteroatoms. The van der Waals surface area contributed by atoms with Gasteiger partial charge in [-0.05, 0) is 85.7 Å². The van der Waals surface area contributed by atoms with Crippen molar-refractivity contribution in [3.05, 3.63) is 96.1 Å². The first-order chi connectivity index (χ1) is 17.6. The van der Waals surface area contributed by atoms with Gasteiger partial charge in [-0.3, -0.25) is 0 Å². The van der Waals surface area contributed by atoms with E-state index < -0.39 is 7.12 Å². The third kappa shape index (κ3) is 3.09. The van der Waals surface area contributed by atoms with Crippen molar-refractivity contribution in [3.8, 4) is 16.8 Å². The number of para-hydroxylation sites is 1. The molecule has 1 aromatic heterocycles.